The largest absolute Gasteiger partial charge is 0.396 e. The number of rotatable bonds is 6. The van der Waals surface area contributed by atoms with Crippen LogP contribution in [0.15, 0.2) is 6.33 Å². The van der Waals surface area contributed by atoms with Gasteiger partial charge in [0.2, 0.25) is 0 Å². The molecule has 106 valence electrons. The number of aryl methyl sites for hydroxylation is 1. The summed E-state index contributed by atoms with van der Waals surface area (Å²) in [4.78, 5) is 8.85. The molecule has 0 fully saturated rings. The summed E-state index contributed by atoms with van der Waals surface area (Å²) in [5.41, 5.74) is 2.55. The Morgan fingerprint density at radius 3 is 2.89 bits per heavy atom. The molecule has 0 radical (unpaired) electrons. The van der Waals surface area contributed by atoms with E-state index in [-0.39, 0.29) is 6.61 Å². The predicted octanol–water partition coefficient (Wildman–Crippen LogP) is 2.57. The average molecular weight is 263 g/mol. The van der Waals surface area contributed by atoms with Gasteiger partial charge < -0.3 is 10.4 Å². The number of aromatic nitrogens is 2. The van der Waals surface area contributed by atoms with Crippen LogP contribution in [0.2, 0.25) is 0 Å². The van der Waals surface area contributed by atoms with Crippen LogP contribution in [0.3, 0.4) is 0 Å². The molecule has 0 saturated heterocycles. The van der Waals surface area contributed by atoms with Crippen molar-refractivity contribution in [1.29, 1.82) is 0 Å². The van der Waals surface area contributed by atoms with Gasteiger partial charge in [0.25, 0.3) is 0 Å². The highest BCUT2D eigenvalue weighted by Crippen LogP contribution is 2.24. The Bertz CT molecular complexity index is 395. The molecule has 19 heavy (non-hydrogen) atoms. The lowest BCUT2D eigenvalue weighted by Gasteiger charge is -2.17. The number of aliphatic hydroxyl groups excluding tert-OH is 1. The number of anilines is 1. The summed E-state index contributed by atoms with van der Waals surface area (Å²) in [6.07, 6.45) is 9.57. The van der Waals surface area contributed by atoms with Crippen molar-refractivity contribution >= 4 is 5.82 Å². The molecule has 0 amide bonds. The van der Waals surface area contributed by atoms with Gasteiger partial charge in [0.15, 0.2) is 0 Å². The van der Waals surface area contributed by atoms with Crippen molar-refractivity contribution in [1.82, 2.24) is 9.97 Å². The molecule has 1 heterocycles. The van der Waals surface area contributed by atoms with E-state index >= 15 is 0 Å². The molecule has 1 unspecified atom stereocenters. The zero-order valence-electron chi connectivity index (χ0n) is 11.9. The molecular formula is C15H25N3O. The van der Waals surface area contributed by atoms with Crippen molar-refractivity contribution in [2.24, 2.45) is 5.92 Å². The fourth-order valence-electron chi connectivity index (χ4n) is 2.72. The fraction of sp³-hybridized carbons (Fsp3) is 0.733. The third-order valence-corrected chi connectivity index (χ3v) is 4.05. The number of hydrogen-bond donors (Lipinski definition) is 2. The van der Waals surface area contributed by atoms with E-state index in [9.17, 15) is 0 Å². The van der Waals surface area contributed by atoms with Crippen molar-refractivity contribution in [2.75, 3.05) is 18.5 Å². The summed E-state index contributed by atoms with van der Waals surface area (Å²) in [6.45, 7) is 3.32. The van der Waals surface area contributed by atoms with Crippen LogP contribution in [0.25, 0.3) is 0 Å². The van der Waals surface area contributed by atoms with Gasteiger partial charge in [-0.15, -0.1) is 0 Å². The topological polar surface area (TPSA) is 58.0 Å². The summed E-state index contributed by atoms with van der Waals surface area (Å²) in [6, 6.07) is 0. The maximum Gasteiger partial charge on any atom is 0.132 e. The van der Waals surface area contributed by atoms with E-state index in [0.29, 0.717) is 5.92 Å². The predicted molar refractivity (Wildman–Crippen MR) is 77.3 cm³/mol. The summed E-state index contributed by atoms with van der Waals surface area (Å²) < 4.78 is 0. The first kappa shape index (κ1) is 14.3. The molecule has 1 aliphatic carbocycles. The van der Waals surface area contributed by atoms with E-state index in [1.165, 1.54) is 30.5 Å². The molecule has 0 spiro atoms. The highest BCUT2D eigenvalue weighted by Gasteiger charge is 2.15. The lowest BCUT2D eigenvalue weighted by molar-refractivity contribution is 0.258. The Balaban J connectivity index is 2.03. The van der Waals surface area contributed by atoms with Crippen LogP contribution in [0.5, 0.6) is 0 Å². The number of aliphatic hydroxyl groups is 1. The highest BCUT2D eigenvalue weighted by atomic mass is 16.3. The lowest BCUT2D eigenvalue weighted by Crippen LogP contribution is -2.17. The van der Waals surface area contributed by atoms with Gasteiger partial charge in [-0.1, -0.05) is 19.8 Å². The SMILES string of the molecule is CCC(CCO)CNc1ncnc2c1CCCCC2. The second-order valence-corrected chi connectivity index (χ2v) is 5.38. The smallest absolute Gasteiger partial charge is 0.132 e. The molecule has 0 aromatic carbocycles. The van der Waals surface area contributed by atoms with Crippen molar-refractivity contribution in [3.05, 3.63) is 17.6 Å². The first-order valence-corrected chi connectivity index (χ1v) is 7.52. The van der Waals surface area contributed by atoms with Crippen molar-refractivity contribution in [2.45, 2.75) is 51.9 Å². The second-order valence-electron chi connectivity index (χ2n) is 5.38. The summed E-state index contributed by atoms with van der Waals surface area (Å²) >= 11 is 0. The molecular weight excluding hydrogens is 238 g/mol. The molecule has 4 heteroatoms. The van der Waals surface area contributed by atoms with Crippen LogP contribution in [-0.2, 0) is 12.8 Å². The van der Waals surface area contributed by atoms with Crippen LogP contribution in [0, 0.1) is 5.92 Å². The maximum absolute atomic E-state index is 9.04. The van der Waals surface area contributed by atoms with E-state index in [4.69, 9.17) is 5.11 Å². The lowest BCUT2D eigenvalue weighted by atomic mass is 10.0. The van der Waals surface area contributed by atoms with Crippen LogP contribution in [0.4, 0.5) is 5.82 Å². The molecule has 4 nitrogen and oxygen atoms in total. The Morgan fingerprint density at radius 1 is 1.26 bits per heavy atom. The summed E-state index contributed by atoms with van der Waals surface area (Å²) in [7, 11) is 0. The van der Waals surface area contributed by atoms with Crippen LogP contribution in [-0.4, -0.2) is 28.2 Å². The van der Waals surface area contributed by atoms with Crippen molar-refractivity contribution in [3.63, 3.8) is 0 Å². The molecule has 1 aromatic rings. The van der Waals surface area contributed by atoms with Gasteiger partial charge in [0, 0.05) is 24.4 Å². The fourth-order valence-corrected chi connectivity index (χ4v) is 2.72. The molecule has 0 saturated carbocycles. The minimum absolute atomic E-state index is 0.266. The van der Waals surface area contributed by atoms with Crippen LogP contribution in [0.1, 0.15) is 50.3 Å². The standard InChI is InChI=1S/C15H25N3O/c1-2-12(8-9-19)10-16-15-13-6-4-3-5-7-14(13)17-11-18-15/h11-12,19H,2-10H2,1H3,(H,16,17,18). The second kappa shape index (κ2) is 7.43. The number of nitrogens with zero attached hydrogens (tertiary/aromatic N) is 2. The molecule has 0 bridgehead atoms. The Hall–Kier alpha value is -1.16. The third kappa shape index (κ3) is 3.90. The molecule has 1 aliphatic rings. The Labute approximate surface area is 115 Å². The Kier molecular flexibility index (Phi) is 5.58. The number of hydrogen-bond acceptors (Lipinski definition) is 4. The van der Waals surface area contributed by atoms with Gasteiger partial charge in [-0.05, 0) is 38.0 Å². The highest BCUT2D eigenvalue weighted by molar-refractivity contribution is 5.46. The molecule has 0 aliphatic heterocycles. The Morgan fingerprint density at radius 2 is 2.11 bits per heavy atom. The van der Waals surface area contributed by atoms with Crippen molar-refractivity contribution in [3.8, 4) is 0 Å². The number of nitrogens with one attached hydrogen (secondary N) is 1. The summed E-state index contributed by atoms with van der Waals surface area (Å²) in [5, 5.41) is 12.5. The first-order valence-electron chi connectivity index (χ1n) is 7.52. The third-order valence-electron chi connectivity index (χ3n) is 4.05. The van der Waals surface area contributed by atoms with E-state index in [1.807, 2.05) is 0 Å². The van der Waals surface area contributed by atoms with Gasteiger partial charge in [-0.25, -0.2) is 9.97 Å². The van der Waals surface area contributed by atoms with E-state index in [0.717, 1.165) is 38.0 Å². The van der Waals surface area contributed by atoms with Crippen LogP contribution >= 0.6 is 0 Å². The van der Waals surface area contributed by atoms with Crippen molar-refractivity contribution < 1.29 is 5.11 Å². The molecule has 1 atom stereocenters. The zero-order chi connectivity index (χ0) is 13.5. The number of fused-ring (bicyclic) bond motifs is 1. The van der Waals surface area contributed by atoms with Crippen LogP contribution < -0.4 is 5.32 Å². The van der Waals surface area contributed by atoms with Gasteiger partial charge in [-0.2, -0.15) is 0 Å². The van der Waals surface area contributed by atoms with E-state index < -0.39 is 0 Å². The van der Waals surface area contributed by atoms with Gasteiger partial charge >= 0.3 is 0 Å². The first-order chi connectivity index (χ1) is 9.35. The quantitative estimate of drug-likeness (QED) is 0.774. The van der Waals surface area contributed by atoms with Gasteiger partial charge in [-0.3, -0.25) is 0 Å². The normalized spacial score (nSPS) is 16.5. The van der Waals surface area contributed by atoms with E-state index in [1.54, 1.807) is 6.33 Å². The minimum Gasteiger partial charge on any atom is -0.396 e. The monoisotopic (exact) mass is 263 g/mol. The molecule has 2 N–H and O–H groups in total. The molecule has 1 aromatic heterocycles. The summed E-state index contributed by atoms with van der Waals surface area (Å²) in [5.74, 6) is 1.53. The zero-order valence-corrected chi connectivity index (χ0v) is 11.9. The van der Waals surface area contributed by atoms with Gasteiger partial charge in [0.05, 0.1) is 0 Å². The average Bonchev–Trinajstić information content (AvgIpc) is 2.69. The molecule has 2 rings (SSSR count). The van der Waals surface area contributed by atoms with E-state index in [2.05, 4.69) is 22.2 Å². The van der Waals surface area contributed by atoms with Gasteiger partial charge in [0.1, 0.15) is 12.1 Å². The minimum atomic E-state index is 0.266. The maximum atomic E-state index is 9.04.